The van der Waals surface area contributed by atoms with Crippen molar-refractivity contribution in [1.82, 2.24) is 9.55 Å². The van der Waals surface area contributed by atoms with E-state index in [2.05, 4.69) is 4.98 Å². The molecule has 3 heterocycles. The molecular weight excluding hydrogens is 410 g/mol. The molecule has 1 aliphatic heterocycles. The summed E-state index contributed by atoms with van der Waals surface area (Å²) in [4.78, 5) is 30.6. The summed E-state index contributed by atoms with van der Waals surface area (Å²) in [5.41, 5.74) is 8.45. The fraction of sp³-hybridized carbons (Fsp3) is 0.208. The second-order valence-corrected chi connectivity index (χ2v) is 7.40. The Labute approximate surface area is 184 Å². The van der Waals surface area contributed by atoms with E-state index in [9.17, 15) is 9.59 Å². The van der Waals surface area contributed by atoms with Gasteiger partial charge in [0, 0.05) is 24.2 Å². The number of nitrogens with two attached hydrogens (primary N) is 1. The molecular formula is C24H23N3O5. The van der Waals surface area contributed by atoms with Crippen LogP contribution in [0, 0.1) is 6.92 Å². The van der Waals surface area contributed by atoms with Crippen molar-refractivity contribution in [3.05, 3.63) is 99.1 Å². The summed E-state index contributed by atoms with van der Waals surface area (Å²) in [5.74, 6) is -0.649. The van der Waals surface area contributed by atoms with Crippen molar-refractivity contribution < 1.29 is 19.0 Å². The Bertz CT molecular complexity index is 1260. The van der Waals surface area contributed by atoms with Gasteiger partial charge in [0.1, 0.15) is 17.1 Å². The molecule has 1 aliphatic rings. The van der Waals surface area contributed by atoms with Crippen LogP contribution in [0.1, 0.15) is 28.3 Å². The minimum atomic E-state index is -0.783. The average Bonchev–Trinajstić information content (AvgIpc) is 2.81. The highest BCUT2D eigenvalue weighted by molar-refractivity contribution is 5.92. The van der Waals surface area contributed by atoms with E-state index >= 15 is 0 Å². The third-order valence-corrected chi connectivity index (χ3v) is 5.47. The fourth-order valence-corrected chi connectivity index (χ4v) is 3.92. The van der Waals surface area contributed by atoms with Gasteiger partial charge < -0.3 is 24.5 Å². The van der Waals surface area contributed by atoms with E-state index in [0.29, 0.717) is 34.9 Å². The summed E-state index contributed by atoms with van der Waals surface area (Å²) in [6.07, 6.45) is 3.38. The highest BCUT2D eigenvalue weighted by Crippen LogP contribution is 2.42. The Balaban J connectivity index is 1.95. The van der Waals surface area contributed by atoms with Crippen LogP contribution in [0.4, 0.5) is 0 Å². The largest absolute Gasteiger partial charge is 0.497 e. The molecule has 0 saturated carbocycles. The van der Waals surface area contributed by atoms with E-state index in [1.165, 1.54) is 7.11 Å². The number of benzene rings is 1. The Morgan fingerprint density at radius 1 is 1.22 bits per heavy atom. The van der Waals surface area contributed by atoms with E-state index in [1.54, 1.807) is 48.3 Å². The maximum Gasteiger partial charge on any atom is 0.340 e. The van der Waals surface area contributed by atoms with Gasteiger partial charge in [-0.2, -0.15) is 0 Å². The normalized spacial score (nSPS) is 15.0. The quantitative estimate of drug-likeness (QED) is 0.616. The maximum atomic E-state index is 13.8. The number of aryl methyl sites for hydroxylation is 1. The molecule has 0 aliphatic carbocycles. The number of methoxy groups -OCH3 is 2. The van der Waals surface area contributed by atoms with Gasteiger partial charge in [-0.1, -0.05) is 18.2 Å². The van der Waals surface area contributed by atoms with Gasteiger partial charge in [-0.05, 0) is 36.2 Å². The Hall–Kier alpha value is -4.07. The number of fused-ring (bicyclic) bond motifs is 1. The highest BCUT2D eigenvalue weighted by atomic mass is 16.5. The van der Waals surface area contributed by atoms with E-state index in [-0.39, 0.29) is 17.0 Å². The van der Waals surface area contributed by atoms with Gasteiger partial charge in [0.05, 0.1) is 32.2 Å². The molecule has 3 aromatic rings. The number of esters is 1. The van der Waals surface area contributed by atoms with Crippen molar-refractivity contribution >= 4 is 5.97 Å². The van der Waals surface area contributed by atoms with E-state index in [1.807, 2.05) is 25.1 Å². The third kappa shape index (κ3) is 3.71. The number of nitrogens with zero attached hydrogens (tertiary/aromatic N) is 2. The monoisotopic (exact) mass is 433 g/mol. The maximum absolute atomic E-state index is 13.8. The first-order valence-corrected chi connectivity index (χ1v) is 9.97. The Morgan fingerprint density at radius 3 is 2.72 bits per heavy atom. The van der Waals surface area contributed by atoms with Crippen molar-refractivity contribution in [3.63, 3.8) is 0 Å². The van der Waals surface area contributed by atoms with E-state index < -0.39 is 11.9 Å². The highest BCUT2D eigenvalue weighted by Gasteiger charge is 2.38. The molecule has 8 heteroatoms. The van der Waals surface area contributed by atoms with Gasteiger partial charge in [-0.15, -0.1) is 0 Å². The number of pyridine rings is 2. The smallest absolute Gasteiger partial charge is 0.340 e. The molecule has 0 bridgehead atoms. The average molecular weight is 433 g/mol. The summed E-state index contributed by atoms with van der Waals surface area (Å²) in [5, 5.41) is 0. The van der Waals surface area contributed by atoms with Crippen LogP contribution in [0.25, 0.3) is 0 Å². The van der Waals surface area contributed by atoms with Gasteiger partial charge in [0.25, 0.3) is 5.56 Å². The van der Waals surface area contributed by atoms with Crippen molar-refractivity contribution in [2.45, 2.75) is 19.4 Å². The molecule has 2 aromatic heterocycles. The van der Waals surface area contributed by atoms with Crippen molar-refractivity contribution in [2.24, 2.45) is 5.73 Å². The molecule has 1 atom stereocenters. The molecule has 4 rings (SSSR count). The van der Waals surface area contributed by atoms with Crippen LogP contribution in [0.2, 0.25) is 0 Å². The summed E-state index contributed by atoms with van der Waals surface area (Å²) in [6, 6.07) is 12.6. The minimum Gasteiger partial charge on any atom is -0.497 e. The Kier molecular flexibility index (Phi) is 5.68. The standard InChI is InChI=1S/C24H23N3O5/c1-14-10-18-20(23(28)27(14)13-15-6-5-9-26-12-15)19(16-7-4-8-17(11-16)30-2)21(22(25)32-18)24(29)31-3/h4-12,19H,13,25H2,1-3H3/t19-/m0/s1. The molecule has 0 amide bonds. The number of hydrogen-bond acceptors (Lipinski definition) is 7. The molecule has 0 radical (unpaired) electrons. The molecule has 1 aromatic carbocycles. The Morgan fingerprint density at radius 2 is 2.03 bits per heavy atom. The van der Waals surface area contributed by atoms with Gasteiger partial charge in [0.2, 0.25) is 5.88 Å². The predicted octanol–water partition coefficient (Wildman–Crippen LogP) is 2.48. The first-order chi connectivity index (χ1) is 15.4. The fourth-order valence-electron chi connectivity index (χ4n) is 3.92. The third-order valence-electron chi connectivity index (χ3n) is 5.47. The lowest BCUT2D eigenvalue weighted by Gasteiger charge is -2.29. The summed E-state index contributed by atoms with van der Waals surface area (Å²) < 4.78 is 17.7. The lowest BCUT2D eigenvalue weighted by Crippen LogP contribution is -2.35. The van der Waals surface area contributed by atoms with Crippen molar-refractivity contribution in [1.29, 1.82) is 0 Å². The second-order valence-electron chi connectivity index (χ2n) is 7.40. The number of aromatic nitrogens is 2. The van der Waals surface area contributed by atoms with Crippen molar-refractivity contribution in [2.75, 3.05) is 14.2 Å². The van der Waals surface area contributed by atoms with Crippen LogP contribution in [0.5, 0.6) is 11.5 Å². The number of carbonyl (C=O) groups is 1. The second kappa shape index (κ2) is 8.58. The van der Waals surface area contributed by atoms with Crippen LogP contribution >= 0.6 is 0 Å². The van der Waals surface area contributed by atoms with Gasteiger partial charge in [-0.3, -0.25) is 9.78 Å². The molecule has 2 N–H and O–H groups in total. The number of carbonyl (C=O) groups excluding carboxylic acids is 1. The first kappa shape index (κ1) is 21.2. The zero-order valence-corrected chi connectivity index (χ0v) is 18.0. The molecule has 0 unspecified atom stereocenters. The SMILES string of the molecule is COC(=O)C1=C(N)Oc2cc(C)n(Cc3cccnc3)c(=O)c2[C@@H]1c1cccc(OC)c1. The lowest BCUT2D eigenvalue weighted by atomic mass is 9.83. The molecule has 0 saturated heterocycles. The summed E-state index contributed by atoms with van der Waals surface area (Å²) in [7, 11) is 2.81. The zero-order chi connectivity index (χ0) is 22.8. The molecule has 0 spiro atoms. The van der Waals surface area contributed by atoms with Gasteiger partial charge in [0.15, 0.2) is 0 Å². The van der Waals surface area contributed by atoms with Crippen LogP contribution in [0.3, 0.4) is 0 Å². The van der Waals surface area contributed by atoms with Crippen LogP contribution in [-0.2, 0) is 16.1 Å². The van der Waals surface area contributed by atoms with E-state index in [4.69, 9.17) is 19.9 Å². The molecule has 164 valence electrons. The van der Waals surface area contributed by atoms with Crippen molar-refractivity contribution in [3.8, 4) is 11.5 Å². The number of rotatable bonds is 5. The first-order valence-electron chi connectivity index (χ1n) is 9.97. The molecule has 32 heavy (non-hydrogen) atoms. The van der Waals surface area contributed by atoms with Gasteiger partial charge in [-0.25, -0.2) is 4.79 Å². The number of hydrogen-bond donors (Lipinski definition) is 1. The molecule has 8 nitrogen and oxygen atoms in total. The zero-order valence-electron chi connectivity index (χ0n) is 18.0. The van der Waals surface area contributed by atoms with Gasteiger partial charge >= 0.3 is 5.97 Å². The molecule has 0 fully saturated rings. The van der Waals surface area contributed by atoms with E-state index in [0.717, 1.165) is 5.56 Å². The summed E-state index contributed by atoms with van der Waals surface area (Å²) in [6.45, 7) is 2.14. The predicted molar refractivity (Wildman–Crippen MR) is 117 cm³/mol. The van der Waals surface area contributed by atoms with Crippen LogP contribution in [0.15, 0.2) is 71.1 Å². The topological polar surface area (TPSA) is 106 Å². The van der Waals surface area contributed by atoms with Crippen LogP contribution < -0.4 is 20.8 Å². The number of ether oxygens (including phenoxy) is 3. The summed E-state index contributed by atoms with van der Waals surface area (Å²) >= 11 is 0. The van der Waals surface area contributed by atoms with Crippen LogP contribution in [-0.4, -0.2) is 29.7 Å². The lowest BCUT2D eigenvalue weighted by molar-refractivity contribution is -0.136. The minimum absolute atomic E-state index is 0.0714.